The minimum Gasteiger partial charge on any atom is -0.298 e. The summed E-state index contributed by atoms with van der Waals surface area (Å²) in [6, 6.07) is 4.14. The second-order valence-electron chi connectivity index (χ2n) is 6.17. The third-order valence-electron chi connectivity index (χ3n) is 4.27. The highest BCUT2D eigenvalue weighted by atomic mass is 32.2. The maximum atomic E-state index is 12.9. The van der Waals surface area contributed by atoms with Crippen molar-refractivity contribution in [1.29, 1.82) is 0 Å². The monoisotopic (exact) mass is 417 g/mol. The van der Waals surface area contributed by atoms with Crippen molar-refractivity contribution in [3.05, 3.63) is 44.4 Å². The van der Waals surface area contributed by atoms with Gasteiger partial charge in [-0.05, 0) is 53.9 Å². The summed E-state index contributed by atoms with van der Waals surface area (Å²) < 4.78 is 1.46. The number of fused-ring (bicyclic) bond motifs is 1. The molecule has 0 radical (unpaired) electrons. The lowest BCUT2D eigenvalue weighted by Crippen LogP contribution is -2.13. The number of nitrogens with one attached hydrogen (secondary N) is 1. The summed E-state index contributed by atoms with van der Waals surface area (Å²) in [6.07, 6.45) is 4.11. The molecule has 2 heterocycles. The van der Waals surface area contributed by atoms with Gasteiger partial charge in [0.25, 0.3) is 11.6 Å². The van der Waals surface area contributed by atoms with Crippen LogP contribution in [0.1, 0.15) is 33.8 Å². The fraction of sp³-hybridized carbons (Fsp3) is 0.312. The average Bonchev–Trinajstić information content (AvgIpc) is 3.27. The molecule has 28 heavy (non-hydrogen) atoms. The van der Waals surface area contributed by atoms with Crippen molar-refractivity contribution in [2.24, 2.45) is 7.05 Å². The van der Waals surface area contributed by atoms with Crippen molar-refractivity contribution in [3.63, 3.8) is 0 Å². The van der Waals surface area contributed by atoms with Crippen molar-refractivity contribution in [1.82, 2.24) is 25.2 Å². The molecule has 1 N–H and O–H groups in total. The Bertz CT molecular complexity index is 1040. The topological polar surface area (TPSA) is 129 Å². The molecule has 2 aromatic heterocycles. The summed E-state index contributed by atoms with van der Waals surface area (Å²) in [4.78, 5) is 29.7. The molecule has 0 saturated heterocycles. The van der Waals surface area contributed by atoms with Gasteiger partial charge in [-0.25, -0.2) is 9.67 Å². The molecule has 0 saturated carbocycles. The van der Waals surface area contributed by atoms with Gasteiger partial charge in [-0.1, -0.05) is 0 Å². The van der Waals surface area contributed by atoms with Gasteiger partial charge in [-0.15, -0.1) is 16.4 Å². The first kappa shape index (κ1) is 18.5. The van der Waals surface area contributed by atoms with Crippen LogP contribution in [0.2, 0.25) is 0 Å². The highest BCUT2D eigenvalue weighted by Gasteiger charge is 2.22. The Kier molecular flexibility index (Phi) is 5.05. The Balaban J connectivity index is 1.64. The van der Waals surface area contributed by atoms with Crippen molar-refractivity contribution < 1.29 is 9.72 Å². The number of nitro benzene ring substituents is 1. The lowest BCUT2D eigenvalue weighted by molar-refractivity contribution is -0.384. The first-order chi connectivity index (χ1) is 13.5. The van der Waals surface area contributed by atoms with E-state index >= 15 is 0 Å². The molecule has 10 nitrogen and oxygen atoms in total. The predicted octanol–water partition coefficient (Wildman–Crippen LogP) is 2.86. The van der Waals surface area contributed by atoms with Gasteiger partial charge in [0.15, 0.2) is 5.13 Å². The maximum Gasteiger partial charge on any atom is 0.270 e. The quantitative estimate of drug-likeness (QED) is 0.496. The van der Waals surface area contributed by atoms with E-state index in [4.69, 9.17) is 0 Å². The molecule has 1 aromatic carbocycles. The van der Waals surface area contributed by atoms with Crippen LogP contribution in [0.3, 0.4) is 0 Å². The lowest BCUT2D eigenvalue weighted by atomic mass is 10.0. The SMILES string of the molecule is Cn1nnnc1Sc1ccc([N+](=O)[O-])cc1C(=O)Nc1nc2c(s1)CCCC2. The van der Waals surface area contributed by atoms with Crippen LogP contribution in [-0.4, -0.2) is 36.0 Å². The Morgan fingerprint density at radius 3 is 2.89 bits per heavy atom. The van der Waals surface area contributed by atoms with E-state index < -0.39 is 10.8 Å². The van der Waals surface area contributed by atoms with Crippen molar-refractivity contribution in [2.45, 2.75) is 35.7 Å². The number of nitro groups is 1. The molecule has 3 aromatic rings. The summed E-state index contributed by atoms with van der Waals surface area (Å²) in [6.45, 7) is 0. The first-order valence-corrected chi connectivity index (χ1v) is 10.1. The van der Waals surface area contributed by atoms with Crippen molar-refractivity contribution >= 4 is 39.8 Å². The third kappa shape index (κ3) is 3.73. The molecular formula is C16H15N7O3S2. The molecule has 0 unspecified atom stereocenters. The zero-order valence-electron chi connectivity index (χ0n) is 14.8. The molecule has 1 aliphatic carbocycles. The largest absolute Gasteiger partial charge is 0.298 e. The number of nitrogens with zero attached hydrogens (tertiary/aromatic N) is 6. The van der Waals surface area contributed by atoms with Crippen LogP contribution in [0, 0.1) is 10.1 Å². The van der Waals surface area contributed by atoms with E-state index in [1.807, 2.05) is 0 Å². The number of non-ortho nitro benzene ring substituents is 1. The summed E-state index contributed by atoms with van der Waals surface area (Å²) >= 11 is 2.62. The molecule has 0 aliphatic heterocycles. The summed E-state index contributed by atoms with van der Waals surface area (Å²) in [5.41, 5.74) is 1.05. The molecule has 4 rings (SSSR count). The van der Waals surface area contributed by atoms with Crippen molar-refractivity contribution in [3.8, 4) is 0 Å². The van der Waals surface area contributed by atoms with Crippen LogP contribution in [0.15, 0.2) is 28.3 Å². The molecule has 12 heteroatoms. The van der Waals surface area contributed by atoms with Gasteiger partial charge in [0.2, 0.25) is 5.16 Å². The fourth-order valence-electron chi connectivity index (χ4n) is 2.87. The molecule has 0 atom stereocenters. The molecule has 0 fully saturated rings. The number of benzene rings is 1. The summed E-state index contributed by atoms with van der Waals surface area (Å²) in [5, 5.41) is 26.1. The van der Waals surface area contributed by atoms with Gasteiger partial charge in [-0.3, -0.25) is 20.2 Å². The maximum absolute atomic E-state index is 12.9. The van der Waals surface area contributed by atoms with Crippen LogP contribution >= 0.6 is 23.1 Å². The number of aromatic nitrogens is 5. The normalized spacial score (nSPS) is 13.2. The van der Waals surface area contributed by atoms with Gasteiger partial charge >= 0.3 is 0 Å². The van der Waals surface area contributed by atoms with E-state index in [2.05, 4.69) is 25.8 Å². The Morgan fingerprint density at radius 1 is 1.36 bits per heavy atom. The van der Waals surface area contributed by atoms with E-state index in [-0.39, 0.29) is 11.3 Å². The minimum absolute atomic E-state index is 0.163. The van der Waals surface area contributed by atoms with E-state index in [0.29, 0.717) is 15.2 Å². The minimum atomic E-state index is -0.531. The Morgan fingerprint density at radius 2 is 2.18 bits per heavy atom. The second-order valence-corrected chi connectivity index (χ2v) is 8.27. The lowest BCUT2D eigenvalue weighted by Gasteiger charge is -2.08. The third-order valence-corrected chi connectivity index (χ3v) is 6.44. The Hall–Kier alpha value is -2.86. The molecule has 1 aliphatic rings. The number of carbonyl (C=O) groups excluding carboxylic acids is 1. The zero-order chi connectivity index (χ0) is 19.7. The van der Waals surface area contributed by atoms with Gasteiger partial charge in [0.1, 0.15) is 0 Å². The van der Waals surface area contributed by atoms with Crippen molar-refractivity contribution in [2.75, 3.05) is 5.32 Å². The number of hydrogen-bond donors (Lipinski definition) is 1. The fourth-order valence-corrected chi connectivity index (χ4v) is 4.76. The number of tetrazole rings is 1. The molecule has 0 spiro atoms. The smallest absolute Gasteiger partial charge is 0.270 e. The highest BCUT2D eigenvalue weighted by molar-refractivity contribution is 7.99. The second kappa shape index (κ2) is 7.64. The van der Waals surface area contributed by atoms with Crippen LogP contribution in [-0.2, 0) is 19.9 Å². The highest BCUT2D eigenvalue weighted by Crippen LogP contribution is 2.33. The molecule has 144 valence electrons. The number of carbonyl (C=O) groups is 1. The van der Waals surface area contributed by atoms with Crippen LogP contribution < -0.4 is 5.32 Å². The average molecular weight is 417 g/mol. The number of rotatable bonds is 5. The summed E-state index contributed by atoms with van der Waals surface area (Å²) in [7, 11) is 1.67. The number of anilines is 1. The number of aryl methyl sites for hydroxylation is 3. The standard InChI is InChI=1S/C16H15N7O3S2/c1-22-16(19-20-21-22)28-12-7-6-9(23(25)26)8-10(12)14(24)18-15-17-11-4-2-3-5-13(11)27-15/h6-8H,2-5H2,1H3,(H,17,18,24). The number of hydrogen-bond acceptors (Lipinski definition) is 9. The van der Waals surface area contributed by atoms with Crippen LogP contribution in [0.4, 0.5) is 10.8 Å². The van der Waals surface area contributed by atoms with Crippen LogP contribution in [0.5, 0.6) is 0 Å². The van der Waals surface area contributed by atoms with Gasteiger partial charge in [0, 0.05) is 29.0 Å². The van der Waals surface area contributed by atoms with Gasteiger partial charge in [-0.2, -0.15) is 0 Å². The molecule has 0 bridgehead atoms. The van der Waals surface area contributed by atoms with Crippen LogP contribution in [0.25, 0.3) is 0 Å². The summed E-state index contributed by atoms with van der Waals surface area (Å²) in [5.74, 6) is -0.451. The number of thiazole rings is 1. The predicted molar refractivity (Wildman–Crippen MR) is 103 cm³/mol. The van der Waals surface area contributed by atoms with E-state index in [1.165, 1.54) is 39.1 Å². The number of amides is 1. The zero-order valence-corrected chi connectivity index (χ0v) is 16.4. The van der Waals surface area contributed by atoms with Gasteiger partial charge in [0.05, 0.1) is 16.2 Å². The van der Waals surface area contributed by atoms with E-state index in [0.717, 1.165) is 43.1 Å². The first-order valence-electron chi connectivity index (χ1n) is 8.50. The van der Waals surface area contributed by atoms with Gasteiger partial charge < -0.3 is 0 Å². The van der Waals surface area contributed by atoms with E-state index in [9.17, 15) is 14.9 Å². The Labute approximate surface area is 167 Å². The molecule has 1 amide bonds. The molecular weight excluding hydrogens is 402 g/mol. The van der Waals surface area contributed by atoms with E-state index in [1.54, 1.807) is 7.05 Å².